The van der Waals surface area contributed by atoms with Crippen molar-refractivity contribution >= 4 is 0 Å². The average molecular weight is 234 g/mol. The molecule has 0 spiro atoms. The van der Waals surface area contributed by atoms with E-state index in [-0.39, 0.29) is 5.83 Å². The third-order valence-corrected chi connectivity index (χ3v) is 2.66. The summed E-state index contributed by atoms with van der Waals surface area (Å²) in [5.74, 6) is 5.85. The van der Waals surface area contributed by atoms with Crippen LogP contribution in [0.4, 0.5) is 4.39 Å². The Morgan fingerprint density at radius 3 is 2.76 bits per heavy atom. The van der Waals surface area contributed by atoms with Crippen molar-refractivity contribution in [2.75, 3.05) is 0 Å². The average Bonchev–Trinajstić information content (AvgIpc) is 2.52. The van der Waals surface area contributed by atoms with Gasteiger partial charge in [-0.05, 0) is 44.6 Å². The van der Waals surface area contributed by atoms with Crippen LogP contribution in [0.3, 0.4) is 0 Å². The number of nitrogens with zero attached hydrogens (tertiary/aromatic N) is 1. The number of hydrazine groups is 1. The molecule has 1 aliphatic carbocycles. The molecule has 2 nitrogen and oxygen atoms in total. The van der Waals surface area contributed by atoms with Crippen molar-refractivity contribution in [1.82, 2.24) is 5.01 Å². The van der Waals surface area contributed by atoms with E-state index in [1.807, 2.05) is 39.0 Å². The van der Waals surface area contributed by atoms with E-state index in [1.54, 1.807) is 17.2 Å². The highest BCUT2D eigenvalue weighted by molar-refractivity contribution is 5.32. The molecule has 0 fully saturated rings. The lowest BCUT2D eigenvalue weighted by Gasteiger charge is -2.21. The Hall–Kier alpha value is -1.61. The number of allylic oxidation sites excluding steroid dienone is 9. The van der Waals surface area contributed by atoms with Crippen LogP contribution >= 0.6 is 0 Å². The predicted octanol–water partition coefficient (Wildman–Crippen LogP) is 3.73. The van der Waals surface area contributed by atoms with Gasteiger partial charge >= 0.3 is 0 Å². The van der Waals surface area contributed by atoms with Gasteiger partial charge in [-0.1, -0.05) is 18.2 Å². The molecule has 0 atom stereocenters. The molecule has 0 aromatic rings. The zero-order valence-electron chi connectivity index (χ0n) is 10.6. The molecule has 0 aliphatic heterocycles. The predicted molar refractivity (Wildman–Crippen MR) is 70.2 cm³/mol. The first-order valence-electron chi connectivity index (χ1n) is 5.64. The summed E-state index contributed by atoms with van der Waals surface area (Å²) in [5.41, 5.74) is 2.80. The summed E-state index contributed by atoms with van der Waals surface area (Å²) < 4.78 is 13.0. The van der Waals surface area contributed by atoms with Gasteiger partial charge in [0.1, 0.15) is 5.83 Å². The molecule has 2 N–H and O–H groups in total. The third-order valence-electron chi connectivity index (χ3n) is 2.66. The van der Waals surface area contributed by atoms with E-state index in [9.17, 15) is 4.39 Å². The highest BCUT2D eigenvalue weighted by atomic mass is 19.1. The molecule has 0 bridgehead atoms. The van der Waals surface area contributed by atoms with Gasteiger partial charge in [-0.15, -0.1) is 0 Å². The minimum Gasteiger partial charge on any atom is -0.284 e. The van der Waals surface area contributed by atoms with Crippen LogP contribution < -0.4 is 5.84 Å². The number of nitrogens with two attached hydrogens (primary N) is 1. The van der Waals surface area contributed by atoms with Gasteiger partial charge in [0.25, 0.3) is 0 Å². The Labute approximate surface area is 102 Å². The van der Waals surface area contributed by atoms with Gasteiger partial charge in [-0.3, -0.25) is 5.01 Å². The fourth-order valence-corrected chi connectivity index (χ4v) is 1.51. The number of halogens is 1. The maximum absolute atomic E-state index is 13.0. The summed E-state index contributed by atoms with van der Waals surface area (Å²) in [7, 11) is 0. The van der Waals surface area contributed by atoms with Crippen LogP contribution in [0.1, 0.15) is 27.2 Å². The molecule has 17 heavy (non-hydrogen) atoms. The Balaban J connectivity index is 2.98. The van der Waals surface area contributed by atoms with E-state index < -0.39 is 0 Å². The minimum absolute atomic E-state index is 0.156. The molecule has 0 amide bonds. The fraction of sp³-hybridized carbons (Fsp3) is 0.286. The minimum atomic E-state index is -0.156. The first-order chi connectivity index (χ1) is 8.06. The molecule has 0 saturated heterocycles. The van der Waals surface area contributed by atoms with Crippen LogP contribution in [0.2, 0.25) is 0 Å². The van der Waals surface area contributed by atoms with Crippen LogP contribution in [0, 0.1) is 0 Å². The van der Waals surface area contributed by atoms with E-state index in [4.69, 9.17) is 5.84 Å². The van der Waals surface area contributed by atoms with Crippen molar-refractivity contribution in [2.24, 2.45) is 5.84 Å². The van der Waals surface area contributed by atoms with Crippen molar-refractivity contribution < 1.29 is 4.39 Å². The van der Waals surface area contributed by atoms with Gasteiger partial charge < -0.3 is 0 Å². The summed E-state index contributed by atoms with van der Waals surface area (Å²) >= 11 is 0. The zero-order valence-corrected chi connectivity index (χ0v) is 10.6. The van der Waals surface area contributed by atoms with Gasteiger partial charge in [0.05, 0.1) is 5.70 Å². The molecule has 1 rings (SSSR count). The first-order valence-corrected chi connectivity index (χ1v) is 5.64. The van der Waals surface area contributed by atoms with Crippen molar-refractivity contribution in [3.63, 3.8) is 0 Å². The van der Waals surface area contributed by atoms with Crippen molar-refractivity contribution in [3.05, 3.63) is 59.3 Å². The lowest BCUT2D eigenvalue weighted by atomic mass is 10.2. The summed E-state index contributed by atoms with van der Waals surface area (Å²) in [6.07, 6.45) is 11.0. The second kappa shape index (κ2) is 6.21. The third kappa shape index (κ3) is 3.71. The Morgan fingerprint density at radius 1 is 1.41 bits per heavy atom. The SMILES string of the molecule is CC=CC(C)=C(C)N(N)C1=CC=C(F)CC=C1. The summed E-state index contributed by atoms with van der Waals surface area (Å²) in [6.45, 7) is 5.89. The molecule has 0 unspecified atom stereocenters. The molecule has 92 valence electrons. The molecule has 1 aliphatic rings. The summed E-state index contributed by atoms with van der Waals surface area (Å²) in [5, 5.41) is 1.57. The van der Waals surface area contributed by atoms with Crippen LogP contribution in [-0.4, -0.2) is 5.01 Å². The Kier molecular flexibility index (Phi) is 4.91. The number of rotatable bonds is 3. The number of hydrogen-bond donors (Lipinski definition) is 1. The smallest absolute Gasteiger partial charge is 0.104 e. The standard InChI is InChI=1S/C14H19FN2/c1-4-6-11(2)12(3)17(16)14-8-5-7-13(15)9-10-14/h4-6,8-10H,7,16H2,1-3H3. The van der Waals surface area contributed by atoms with Crippen molar-refractivity contribution in [2.45, 2.75) is 27.2 Å². The highest BCUT2D eigenvalue weighted by Crippen LogP contribution is 2.18. The molecule has 0 radical (unpaired) electrons. The molecular weight excluding hydrogens is 215 g/mol. The van der Waals surface area contributed by atoms with Crippen LogP contribution in [-0.2, 0) is 0 Å². The lowest BCUT2D eigenvalue weighted by molar-refractivity contribution is 0.461. The van der Waals surface area contributed by atoms with E-state index >= 15 is 0 Å². The fourth-order valence-electron chi connectivity index (χ4n) is 1.51. The zero-order chi connectivity index (χ0) is 12.8. The topological polar surface area (TPSA) is 29.3 Å². The van der Waals surface area contributed by atoms with Crippen molar-refractivity contribution in [3.8, 4) is 0 Å². The highest BCUT2D eigenvalue weighted by Gasteiger charge is 2.07. The second-order valence-electron chi connectivity index (χ2n) is 3.95. The lowest BCUT2D eigenvalue weighted by Crippen LogP contribution is -2.28. The maximum atomic E-state index is 13.0. The van der Waals surface area contributed by atoms with E-state index in [0.717, 1.165) is 17.0 Å². The number of hydrogen-bond acceptors (Lipinski definition) is 2. The molecular formula is C14H19FN2. The molecule has 0 aromatic heterocycles. The van der Waals surface area contributed by atoms with Crippen LogP contribution in [0.15, 0.2) is 59.3 Å². The van der Waals surface area contributed by atoms with Crippen LogP contribution in [0.25, 0.3) is 0 Å². The van der Waals surface area contributed by atoms with Crippen LogP contribution in [0.5, 0.6) is 0 Å². The first kappa shape index (κ1) is 13.5. The Bertz CT molecular complexity index is 426. The van der Waals surface area contributed by atoms with Gasteiger partial charge in [-0.25, -0.2) is 10.2 Å². The normalized spacial score (nSPS) is 17.5. The van der Waals surface area contributed by atoms with Gasteiger partial charge in [-0.2, -0.15) is 0 Å². The Morgan fingerprint density at radius 2 is 2.12 bits per heavy atom. The molecule has 0 aromatic carbocycles. The largest absolute Gasteiger partial charge is 0.284 e. The molecule has 0 heterocycles. The van der Waals surface area contributed by atoms with E-state index in [1.165, 1.54) is 6.08 Å². The maximum Gasteiger partial charge on any atom is 0.104 e. The second-order valence-corrected chi connectivity index (χ2v) is 3.95. The summed E-state index contributed by atoms with van der Waals surface area (Å²) in [6, 6.07) is 0. The molecule has 0 saturated carbocycles. The monoisotopic (exact) mass is 234 g/mol. The quantitative estimate of drug-likeness (QED) is 0.458. The van der Waals surface area contributed by atoms with Gasteiger partial charge in [0.15, 0.2) is 0 Å². The summed E-state index contributed by atoms with van der Waals surface area (Å²) in [4.78, 5) is 0. The molecule has 3 heteroatoms. The van der Waals surface area contributed by atoms with Crippen molar-refractivity contribution in [1.29, 1.82) is 0 Å². The van der Waals surface area contributed by atoms with E-state index in [0.29, 0.717) is 6.42 Å². The van der Waals surface area contributed by atoms with Gasteiger partial charge in [0, 0.05) is 12.1 Å². The van der Waals surface area contributed by atoms with Gasteiger partial charge in [0.2, 0.25) is 0 Å². The van der Waals surface area contributed by atoms with E-state index in [2.05, 4.69) is 0 Å².